The van der Waals surface area contributed by atoms with Crippen LogP contribution in [0.5, 0.6) is 6.01 Å². The van der Waals surface area contributed by atoms with E-state index in [1.54, 1.807) is 55.4 Å². The topological polar surface area (TPSA) is 565 Å². The number of nitrogens with zero attached hydrogens (tertiary/aromatic N) is 8. The van der Waals surface area contributed by atoms with E-state index < -0.39 is 200 Å². The highest BCUT2D eigenvalue weighted by Gasteiger charge is 2.69. The van der Waals surface area contributed by atoms with Gasteiger partial charge in [-0.15, -0.1) is 0 Å². The molecule has 8 saturated heterocycles. The number of rotatable bonds is 15. The summed E-state index contributed by atoms with van der Waals surface area (Å²) in [6.07, 6.45) is -6.79. The summed E-state index contributed by atoms with van der Waals surface area (Å²) in [5, 5.41) is 18.2. The lowest BCUT2D eigenvalue weighted by atomic mass is 10.1. The number of fused-ring (bicyclic) bond motifs is 10. The van der Waals surface area contributed by atoms with E-state index in [-0.39, 0.29) is 96.7 Å². The summed E-state index contributed by atoms with van der Waals surface area (Å²) < 4.78 is 166. The number of carbonyl (C=O) groups excluding carboxylic acids is 4. The van der Waals surface area contributed by atoms with E-state index in [2.05, 4.69) is 59.6 Å². The number of nitroso groups, excluding NO2 is 1. The van der Waals surface area contributed by atoms with Gasteiger partial charge in [0.2, 0.25) is 12.5 Å². The van der Waals surface area contributed by atoms with Gasteiger partial charge in [0.25, 0.3) is 47.3 Å². The first kappa shape index (κ1) is 116. The van der Waals surface area contributed by atoms with E-state index >= 15 is 8.78 Å². The van der Waals surface area contributed by atoms with Crippen molar-refractivity contribution in [3.63, 3.8) is 0 Å². The van der Waals surface area contributed by atoms with E-state index in [9.17, 15) is 56.6 Å². The molecule has 0 amide bonds. The zero-order valence-corrected chi connectivity index (χ0v) is 66.0. The van der Waals surface area contributed by atoms with Gasteiger partial charge < -0.3 is 71.2 Å². The summed E-state index contributed by atoms with van der Waals surface area (Å²) in [7, 11) is -3.36. The van der Waals surface area contributed by atoms with Gasteiger partial charge in [-0.1, -0.05) is 90.4 Å². The molecular weight excluding hydrogens is 1670 g/mol. The van der Waals surface area contributed by atoms with Crippen molar-refractivity contribution >= 4 is 46.1 Å². The second-order valence-electron chi connectivity index (χ2n) is 28.5. The van der Waals surface area contributed by atoms with Crippen LogP contribution in [0.25, 0.3) is 10.4 Å². The number of aromatic nitrogens is 8. The molecule has 0 spiro atoms. The monoisotopic (exact) mass is 1790 g/mol. The highest BCUT2D eigenvalue weighted by molar-refractivity contribution is 7.87. The maximum absolute atomic E-state index is 15.9. The minimum Gasteiger partial charge on any atom is -0.458 e. The Morgan fingerprint density at radius 1 is 0.558 bits per heavy atom. The summed E-state index contributed by atoms with van der Waals surface area (Å²) in [4.78, 5) is 133. The molecule has 3 radical (unpaired) electrons. The molecule has 8 fully saturated rings. The van der Waals surface area contributed by atoms with E-state index in [0.29, 0.717) is 5.92 Å². The fraction of sp³-hybridized carbons (Fsp3) is 0.739. The summed E-state index contributed by atoms with van der Waals surface area (Å²) in [6, 6.07) is 4.71. The van der Waals surface area contributed by atoms with Gasteiger partial charge in [0, 0.05) is 87.8 Å². The molecular formula is C69H115BClF4N14O29P2. The summed E-state index contributed by atoms with van der Waals surface area (Å²) in [6.45, 7) is 22.5. The molecule has 51 heteroatoms. The van der Waals surface area contributed by atoms with Crippen LogP contribution in [-0.4, -0.2) is 211 Å². The summed E-state index contributed by atoms with van der Waals surface area (Å²) in [5.74, 6) is -13.2. The zero-order valence-electron chi connectivity index (χ0n) is 63.5. The number of halogens is 5. The Kier molecular flexibility index (Phi) is 44.2. The molecule has 20 atom stereocenters. The van der Waals surface area contributed by atoms with E-state index in [4.69, 9.17) is 107 Å². The standard InChI is InChI=1S/C18H29FN3O7P.C12H14FN5O5.C12H15FN2O6.C12H13FN2O5.C6H15ClNOP.2CO2.7CH4.B.HNO/c1-10(2)11(3)21-30(6,25)26-9-18(19)14-13(27-17(4,5)28-14)15(29-18)22-8-7-12(23)20-16(22)24;1-11(2)21-7-8(22-11)12(13,5-15-17-14)23-9(7)18-4-3-6(19)16-10(18)20;1-11(2)19-7-8(20-11)12(13,5-16)21-9(7)15-4-3-6(17)14-10(15)18;1-11(2)18-7-8(19-11)12(13)5-17-10-14-6(16)3-4-15(10)9(7)20-12;1-5(2)6(3)8-10(4,7)9;2*2-1-3;;;;;;;;;1-2/h7-8,10-11,13-15H,9H2,1-6H3,(H,21,25)(H,20,23,24);3-4,7-9H,5H2,1-2H3,(H,16,19,20);3-4,7-9,16H,5H2,1-2H3,(H,14,17,18);3-4,7-9H,5H2,1-2H3;5-6H,1-4H3,(H,8,9);;;7*1H4;;1H/t11-,13-,14?,15+,18+,30?;3*7-,8?,9+,12+;6-,10?;;;;;;;;;;;/m00000.........../s1. The van der Waals surface area contributed by atoms with Gasteiger partial charge in [-0.05, 0) is 97.8 Å². The van der Waals surface area contributed by atoms with Crippen LogP contribution in [-0.2, 0) is 89.7 Å². The molecule has 0 aromatic carbocycles. The Labute approximate surface area is 695 Å². The largest absolute Gasteiger partial charge is 0.458 e. The highest BCUT2D eigenvalue weighted by atomic mass is 35.7. The minimum atomic E-state index is -3.36. The quantitative estimate of drug-likeness (QED) is 0.0113. The van der Waals surface area contributed by atoms with Gasteiger partial charge in [-0.2, -0.15) is 29.1 Å². The van der Waals surface area contributed by atoms with Gasteiger partial charge >= 0.3 is 35.4 Å². The SMILES string of the molecule is C.C.C.C.C.C.C.CC(C)[C@H](C)NP(C)(=O)Cl.CC(C)[C@H](C)NP(C)(=O)OC[C@@]1(F)O[C@@H](n2ccc(=O)[nH]c2=O)[C@H]2OC(C)(C)OC21.CC1(C)OC2[C@H](O1)[C@H](n1ccc(=O)[nH]c1=O)O[C@]2(F)CN=[N+]=[N-].CC1(C)OC2[C@H](O1)[C@H](n1ccc(=O)[nH]c1=O)O[C@]2(F)CO.CC1(C)OC2[C@H](O1)[C@H]1O[C@]2(F)COc2nc(=O)ccn21.N=O.O=C=O.O=C=O.[B]. The van der Waals surface area contributed by atoms with Crippen LogP contribution in [0.3, 0.4) is 0 Å². The van der Waals surface area contributed by atoms with E-state index in [0.717, 1.165) is 31.9 Å². The Bertz CT molecular complexity index is 4630. The Balaban J connectivity index is -0.00000140. The molecule has 7 N–H and O–H groups in total. The maximum atomic E-state index is 15.9. The molecule has 0 aliphatic carbocycles. The van der Waals surface area contributed by atoms with Crippen molar-refractivity contribution in [1.29, 1.82) is 5.59 Å². The number of H-pyrrole nitrogens is 3. The third-order valence-electron chi connectivity index (χ3n) is 17.4. The smallest absolute Gasteiger partial charge is 0.373 e. The van der Waals surface area contributed by atoms with Crippen molar-refractivity contribution in [2.24, 2.45) is 17.0 Å². The van der Waals surface area contributed by atoms with Crippen LogP contribution in [0.1, 0.15) is 174 Å². The number of aromatic amines is 3. The van der Waals surface area contributed by atoms with Gasteiger partial charge in [-0.3, -0.25) is 66.6 Å². The van der Waals surface area contributed by atoms with Crippen LogP contribution in [0.4, 0.5) is 17.6 Å². The normalized spacial score (nSPS) is 30.3. The van der Waals surface area contributed by atoms with Crippen molar-refractivity contribution < 1.29 is 117 Å². The molecule has 9 aliphatic heterocycles. The first-order chi connectivity index (χ1) is 51.8. The molecule has 4 aromatic rings. The minimum absolute atomic E-state index is 0. The third-order valence-corrected chi connectivity index (χ3v) is 20.1. The molecule has 13 rings (SSSR count). The molecule has 6 unspecified atom stereocenters. The Morgan fingerprint density at radius 3 is 1.22 bits per heavy atom. The van der Waals surface area contributed by atoms with Gasteiger partial charge in [0.05, 0.1) is 6.54 Å². The highest BCUT2D eigenvalue weighted by Crippen LogP contribution is 2.54. The summed E-state index contributed by atoms with van der Waals surface area (Å²) in [5.41, 5.74) is 8.37. The molecule has 4 aromatic heterocycles. The van der Waals surface area contributed by atoms with Crippen molar-refractivity contribution in [2.75, 3.05) is 39.7 Å². The van der Waals surface area contributed by atoms with Crippen LogP contribution >= 0.6 is 25.4 Å². The lowest BCUT2D eigenvalue weighted by molar-refractivity contribution is -0.265. The molecule has 13 heterocycles. The molecule has 43 nitrogen and oxygen atoms in total. The zero-order chi connectivity index (χ0) is 84.6. The second-order valence-corrected chi connectivity index (χ2v) is 34.6. The first-order valence-corrected chi connectivity index (χ1v) is 38.8. The Hall–Kier alpha value is -7.72. The van der Waals surface area contributed by atoms with Crippen molar-refractivity contribution in [3.05, 3.63) is 137 Å². The molecule has 120 heavy (non-hydrogen) atoms. The molecule has 0 saturated carbocycles. The molecule has 2 bridgehead atoms. The molecule has 9 aliphatic rings. The van der Waals surface area contributed by atoms with Gasteiger partial charge in [-0.25, -0.2) is 37.0 Å². The van der Waals surface area contributed by atoms with Crippen LogP contribution in [0, 0.1) is 22.3 Å². The van der Waals surface area contributed by atoms with Crippen LogP contribution in [0.2, 0.25) is 0 Å². The van der Waals surface area contributed by atoms with Crippen molar-refractivity contribution in [1.82, 2.24) is 48.4 Å². The second kappa shape index (κ2) is 45.6. The first-order valence-electron chi connectivity index (χ1n) is 33.7. The number of aliphatic hydroxyl groups excluding tert-OH is 1. The number of hydrogen-bond acceptors (Lipinski definition) is 32. The fourth-order valence-corrected chi connectivity index (χ4v) is 15.2. The van der Waals surface area contributed by atoms with Gasteiger partial charge in [0.1, 0.15) is 37.6 Å². The van der Waals surface area contributed by atoms with Gasteiger partial charge in [0.15, 0.2) is 79.1 Å². The van der Waals surface area contributed by atoms with Crippen LogP contribution < -0.4 is 54.2 Å². The van der Waals surface area contributed by atoms with E-state index in [1.807, 2.05) is 27.7 Å². The predicted molar refractivity (Wildman–Crippen MR) is 423 cm³/mol. The number of nitrogens with one attached hydrogen (secondary N) is 6. The number of ether oxygens (including phenoxy) is 13. The van der Waals surface area contributed by atoms with Crippen molar-refractivity contribution in [3.8, 4) is 6.01 Å². The number of hydrogen-bond donors (Lipinski definition) is 7. The average molecular weight is 1790 g/mol. The maximum Gasteiger partial charge on any atom is 0.373 e. The lowest BCUT2D eigenvalue weighted by Gasteiger charge is -2.30. The van der Waals surface area contributed by atoms with E-state index in [1.165, 1.54) is 48.8 Å². The third kappa shape index (κ3) is 28.4. The lowest BCUT2D eigenvalue weighted by Crippen LogP contribution is -2.44. The Morgan fingerprint density at radius 2 is 0.875 bits per heavy atom. The fourth-order valence-electron chi connectivity index (χ4n) is 12.2. The number of aliphatic hydroxyl groups is 1. The number of azide groups is 1. The number of alkyl halides is 4. The summed E-state index contributed by atoms with van der Waals surface area (Å²) >= 11 is 5.52. The predicted octanol–water partition coefficient (Wildman–Crippen LogP) is 7.80. The average Bonchev–Trinajstić information content (AvgIpc) is 1.66. The van der Waals surface area contributed by atoms with Crippen molar-refractivity contribution in [2.45, 2.75) is 281 Å². The van der Waals surface area contributed by atoms with Crippen LogP contribution in [0.15, 0.2) is 87.7 Å². The molecule has 683 valence electrons.